The molecule has 0 saturated heterocycles. The first-order valence-electron chi connectivity index (χ1n) is 5.85. The highest BCUT2D eigenvalue weighted by Crippen LogP contribution is 2.12. The van der Waals surface area contributed by atoms with Crippen LogP contribution in [0.25, 0.3) is 0 Å². The maximum Gasteiger partial charge on any atom is 0.125 e. The van der Waals surface area contributed by atoms with Crippen LogP contribution in [0.5, 0.6) is 0 Å². The van der Waals surface area contributed by atoms with E-state index in [4.69, 9.17) is 5.73 Å². The summed E-state index contributed by atoms with van der Waals surface area (Å²) in [6.07, 6.45) is 1.11. The standard InChI is InChI=1S/C13H22FN3/c1-16(2)5-4-6-17(3)10-11-7-12(14)9-13(15)8-11/h7-9H,4-6,10,15H2,1-3H3. The van der Waals surface area contributed by atoms with Crippen molar-refractivity contribution in [1.29, 1.82) is 0 Å². The highest BCUT2D eigenvalue weighted by atomic mass is 19.1. The lowest BCUT2D eigenvalue weighted by Gasteiger charge is -2.18. The van der Waals surface area contributed by atoms with Gasteiger partial charge in [0.05, 0.1) is 0 Å². The Morgan fingerprint density at radius 3 is 2.41 bits per heavy atom. The molecule has 1 aromatic carbocycles. The van der Waals surface area contributed by atoms with E-state index >= 15 is 0 Å². The fraction of sp³-hybridized carbons (Fsp3) is 0.538. The zero-order valence-electron chi connectivity index (χ0n) is 10.9. The molecule has 0 heterocycles. The first-order valence-corrected chi connectivity index (χ1v) is 5.85. The number of rotatable bonds is 6. The summed E-state index contributed by atoms with van der Waals surface area (Å²) in [6.45, 7) is 2.79. The number of halogens is 1. The summed E-state index contributed by atoms with van der Waals surface area (Å²) in [6, 6.07) is 4.71. The van der Waals surface area contributed by atoms with Crippen LogP contribution in [0.4, 0.5) is 10.1 Å². The number of nitrogens with two attached hydrogens (primary N) is 1. The van der Waals surface area contributed by atoms with Crippen molar-refractivity contribution in [3.05, 3.63) is 29.6 Å². The average molecular weight is 239 g/mol. The molecule has 17 heavy (non-hydrogen) atoms. The molecule has 4 heteroatoms. The highest BCUT2D eigenvalue weighted by molar-refractivity contribution is 5.41. The predicted octanol–water partition coefficient (Wildman–Crippen LogP) is 1.79. The molecule has 0 fully saturated rings. The molecule has 0 amide bonds. The Morgan fingerprint density at radius 2 is 1.82 bits per heavy atom. The van der Waals surface area contributed by atoms with Crippen molar-refractivity contribution < 1.29 is 4.39 Å². The van der Waals surface area contributed by atoms with Gasteiger partial charge in [0.2, 0.25) is 0 Å². The van der Waals surface area contributed by atoms with Crippen molar-refractivity contribution in [1.82, 2.24) is 9.80 Å². The summed E-state index contributed by atoms with van der Waals surface area (Å²) in [4.78, 5) is 4.34. The van der Waals surface area contributed by atoms with Gasteiger partial charge in [0, 0.05) is 12.2 Å². The van der Waals surface area contributed by atoms with Crippen LogP contribution in [0.15, 0.2) is 18.2 Å². The van der Waals surface area contributed by atoms with E-state index in [1.54, 1.807) is 6.07 Å². The van der Waals surface area contributed by atoms with Gasteiger partial charge in [-0.3, -0.25) is 0 Å². The van der Waals surface area contributed by atoms with E-state index in [9.17, 15) is 4.39 Å². The van der Waals surface area contributed by atoms with Gasteiger partial charge in [0.15, 0.2) is 0 Å². The quantitative estimate of drug-likeness (QED) is 0.768. The Morgan fingerprint density at radius 1 is 1.12 bits per heavy atom. The van der Waals surface area contributed by atoms with Crippen LogP contribution in [-0.2, 0) is 6.54 Å². The van der Waals surface area contributed by atoms with Crippen LogP contribution in [0.3, 0.4) is 0 Å². The zero-order chi connectivity index (χ0) is 12.8. The van der Waals surface area contributed by atoms with Gasteiger partial charge in [-0.1, -0.05) is 0 Å². The molecular formula is C13H22FN3. The van der Waals surface area contributed by atoms with E-state index in [0.29, 0.717) is 5.69 Å². The summed E-state index contributed by atoms with van der Waals surface area (Å²) in [5.74, 6) is -0.262. The molecule has 0 aliphatic carbocycles. The van der Waals surface area contributed by atoms with Crippen molar-refractivity contribution in [3.8, 4) is 0 Å². The fourth-order valence-corrected chi connectivity index (χ4v) is 1.81. The van der Waals surface area contributed by atoms with Crippen LogP contribution in [-0.4, -0.2) is 44.0 Å². The second-order valence-electron chi connectivity index (χ2n) is 4.79. The first-order chi connectivity index (χ1) is 7.97. The van der Waals surface area contributed by atoms with Crippen LogP contribution in [0.1, 0.15) is 12.0 Å². The third-order valence-corrected chi connectivity index (χ3v) is 2.58. The second kappa shape index (κ2) is 6.57. The highest BCUT2D eigenvalue weighted by Gasteiger charge is 2.03. The minimum atomic E-state index is -0.262. The van der Waals surface area contributed by atoms with Crippen molar-refractivity contribution in [2.75, 3.05) is 40.0 Å². The monoisotopic (exact) mass is 239 g/mol. The van der Waals surface area contributed by atoms with Crippen molar-refractivity contribution in [2.45, 2.75) is 13.0 Å². The Kier molecular flexibility index (Phi) is 5.38. The molecule has 0 bridgehead atoms. The fourth-order valence-electron chi connectivity index (χ4n) is 1.81. The molecule has 0 aromatic heterocycles. The van der Waals surface area contributed by atoms with Gasteiger partial charge in [-0.15, -0.1) is 0 Å². The molecule has 1 aromatic rings. The molecule has 0 unspecified atom stereocenters. The lowest BCUT2D eigenvalue weighted by Crippen LogP contribution is -2.23. The van der Waals surface area contributed by atoms with Gasteiger partial charge in [-0.05, 0) is 64.4 Å². The van der Waals surface area contributed by atoms with E-state index in [-0.39, 0.29) is 5.82 Å². The van der Waals surface area contributed by atoms with Gasteiger partial charge in [0.1, 0.15) is 5.82 Å². The molecule has 96 valence electrons. The Balaban J connectivity index is 2.42. The number of anilines is 1. The van der Waals surface area contributed by atoms with Gasteiger partial charge in [-0.25, -0.2) is 4.39 Å². The molecule has 0 radical (unpaired) electrons. The molecule has 0 aliphatic heterocycles. The van der Waals surface area contributed by atoms with E-state index in [1.807, 2.05) is 13.1 Å². The maximum absolute atomic E-state index is 13.1. The third-order valence-electron chi connectivity index (χ3n) is 2.58. The summed E-state index contributed by atoms with van der Waals surface area (Å²) in [5, 5.41) is 0. The molecule has 1 rings (SSSR count). The minimum absolute atomic E-state index is 0.262. The van der Waals surface area contributed by atoms with Crippen molar-refractivity contribution in [3.63, 3.8) is 0 Å². The molecule has 2 N–H and O–H groups in total. The molecular weight excluding hydrogens is 217 g/mol. The van der Waals surface area contributed by atoms with Crippen LogP contribution >= 0.6 is 0 Å². The lowest BCUT2D eigenvalue weighted by molar-refractivity contribution is 0.294. The Hall–Kier alpha value is -1.13. The first kappa shape index (κ1) is 13.9. The average Bonchev–Trinajstić information content (AvgIpc) is 2.14. The van der Waals surface area contributed by atoms with Gasteiger partial charge in [-0.2, -0.15) is 0 Å². The third kappa shape index (κ3) is 5.65. The molecule has 0 aliphatic rings. The molecule has 3 nitrogen and oxygen atoms in total. The molecule has 0 saturated carbocycles. The van der Waals surface area contributed by atoms with Crippen molar-refractivity contribution in [2.24, 2.45) is 0 Å². The number of nitrogen functional groups attached to an aromatic ring is 1. The van der Waals surface area contributed by atoms with Crippen LogP contribution in [0.2, 0.25) is 0 Å². The number of hydrogen-bond acceptors (Lipinski definition) is 3. The smallest absolute Gasteiger partial charge is 0.125 e. The Labute approximate surface area is 103 Å². The summed E-state index contributed by atoms with van der Waals surface area (Å²) in [5.41, 5.74) is 7.02. The van der Waals surface area contributed by atoms with Crippen molar-refractivity contribution >= 4 is 5.69 Å². The number of hydrogen-bond donors (Lipinski definition) is 1. The number of benzene rings is 1. The zero-order valence-corrected chi connectivity index (χ0v) is 10.9. The summed E-state index contributed by atoms with van der Waals surface area (Å²) < 4.78 is 13.1. The number of nitrogens with zero attached hydrogens (tertiary/aromatic N) is 2. The largest absolute Gasteiger partial charge is 0.399 e. The van der Waals surface area contributed by atoms with Crippen LogP contribution in [0, 0.1) is 5.82 Å². The van der Waals surface area contributed by atoms with Gasteiger partial charge < -0.3 is 15.5 Å². The van der Waals surface area contributed by atoms with E-state index in [1.165, 1.54) is 6.07 Å². The predicted molar refractivity (Wildman–Crippen MR) is 70.3 cm³/mol. The topological polar surface area (TPSA) is 32.5 Å². The van der Waals surface area contributed by atoms with E-state index in [2.05, 4.69) is 23.9 Å². The maximum atomic E-state index is 13.1. The normalized spacial score (nSPS) is 11.4. The second-order valence-corrected chi connectivity index (χ2v) is 4.79. The van der Waals surface area contributed by atoms with Gasteiger partial charge in [0.25, 0.3) is 0 Å². The van der Waals surface area contributed by atoms with Crippen LogP contribution < -0.4 is 5.73 Å². The molecule has 0 atom stereocenters. The van der Waals surface area contributed by atoms with E-state index in [0.717, 1.165) is 31.6 Å². The van der Waals surface area contributed by atoms with E-state index < -0.39 is 0 Å². The Bertz CT molecular complexity index is 332. The summed E-state index contributed by atoms with van der Waals surface area (Å²) >= 11 is 0. The summed E-state index contributed by atoms with van der Waals surface area (Å²) in [7, 11) is 6.16. The van der Waals surface area contributed by atoms with Gasteiger partial charge >= 0.3 is 0 Å². The minimum Gasteiger partial charge on any atom is -0.399 e. The SMILES string of the molecule is CN(C)CCCN(C)Cc1cc(N)cc(F)c1. The molecule has 0 spiro atoms. The lowest BCUT2D eigenvalue weighted by atomic mass is 10.2.